The van der Waals surface area contributed by atoms with Gasteiger partial charge < -0.3 is 4.74 Å². The predicted octanol–water partition coefficient (Wildman–Crippen LogP) is 2.01. The highest BCUT2D eigenvalue weighted by Gasteiger charge is 2.10. The lowest BCUT2D eigenvalue weighted by Gasteiger charge is -2.15. The fourth-order valence-electron chi connectivity index (χ4n) is 1.19. The molecule has 11 heavy (non-hydrogen) atoms. The second kappa shape index (κ2) is 2.97. The number of hydrogen-bond acceptors (Lipinski definition) is 2. The van der Waals surface area contributed by atoms with E-state index in [2.05, 4.69) is 27.6 Å². The van der Waals surface area contributed by atoms with Crippen molar-refractivity contribution in [3.63, 3.8) is 0 Å². The molecule has 3 heteroatoms. The summed E-state index contributed by atoms with van der Waals surface area (Å²) in [6, 6.07) is 3.98. The van der Waals surface area contributed by atoms with Crippen molar-refractivity contribution in [1.82, 2.24) is 4.98 Å². The number of hydrogen-bond donors (Lipinski definition) is 0. The van der Waals surface area contributed by atoms with Crippen molar-refractivity contribution in [2.75, 3.05) is 6.61 Å². The van der Waals surface area contributed by atoms with Crippen LogP contribution in [0.4, 0.5) is 0 Å². The van der Waals surface area contributed by atoms with E-state index < -0.39 is 0 Å². The third-order valence-electron chi connectivity index (χ3n) is 1.71. The Kier molecular flexibility index (Phi) is 1.98. The predicted molar refractivity (Wildman–Crippen MR) is 50.8 cm³/mol. The van der Waals surface area contributed by atoms with Crippen LogP contribution in [-0.4, -0.2) is 11.6 Å². The van der Waals surface area contributed by atoms with E-state index in [9.17, 15) is 0 Å². The van der Waals surface area contributed by atoms with Crippen LogP contribution in [0, 0.1) is 3.70 Å². The van der Waals surface area contributed by atoms with Crippen LogP contribution >= 0.6 is 22.6 Å². The van der Waals surface area contributed by atoms with Gasteiger partial charge in [0.25, 0.3) is 0 Å². The van der Waals surface area contributed by atoms with Crippen molar-refractivity contribution in [3.8, 4) is 5.75 Å². The van der Waals surface area contributed by atoms with Crippen LogP contribution in [0.2, 0.25) is 0 Å². The molecule has 0 radical (unpaired) electrons. The third kappa shape index (κ3) is 1.47. The van der Waals surface area contributed by atoms with E-state index in [4.69, 9.17) is 4.74 Å². The fraction of sp³-hybridized carbons (Fsp3) is 0.375. The Labute approximate surface area is 79.1 Å². The fourth-order valence-corrected chi connectivity index (χ4v) is 1.67. The van der Waals surface area contributed by atoms with Crippen LogP contribution in [-0.2, 0) is 6.42 Å². The summed E-state index contributed by atoms with van der Waals surface area (Å²) in [5.74, 6) is 0.969. The van der Waals surface area contributed by atoms with E-state index >= 15 is 0 Å². The SMILES string of the molecule is Ic1ccc2c(n1)CCCO2. The molecule has 2 heterocycles. The number of pyridine rings is 1. The lowest BCUT2D eigenvalue weighted by atomic mass is 10.2. The zero-order valence-corrected chi connectivity index (χ0v) is 8.17. The minimum atomic E-state index is 0.843. The number of aryl methyl sites for hydroxylation is 1. The molecule has 1 aromatic heterocycles. The normalized spacial score (nSPS) is 15.4. The maximum Gasteiger partial charge on any atom is 0.140 e. The lowest BCUT2D eigenvalue weighted by Crippen LogP contribution is -2.10. The molecule has 0 saturated carbocycles. The van der Waals surface area contributed by atoms with E-state index in [1.165, 1.54) is 0 Å². The molecule has 0 aromatic carbocycles. The van der Waals surface area contributed by atoms with Gasteiger partial charge in [-0.05, 0) is 47.6 Å². The van der Waals surface area contributed by atoms with Crippen molar-refractivity contribution in [2.45, 2.75) is 12.8 Å². The Morgan fingerprint density at radius 1 is 1.45 bits per heavy atom. The quantitative estimate of drug-likeness (QED) is 0.526. The van der Waals surface area contributed by atoms with Crippen LogP contribution in [0.3, 0.4) is 0 Å². The number of halogens is 1. The number of nitrogens with zero attached hydrogens (tertiary/aromatic N) is 1. The highest BCUT2D eigenvalue weighted by atomic mass is 127. The molecule has 2 nitrogen and oxygen atoms in total. The minimum Gasteiger partial charge on any atom is -0.492 e. The Hall–Kier alpha value is -0.320. The van der Waals surface area contributed by atoms with Crippen molar-refractivity contribution < 1.29 is 4.74 Å². The molecule has 0 atom stereocenters. The molecule has 0 N–H and O–H groups in total. The number of rotatable bonds is 0. The van der Waals surface area contributed by atoms with Crippen LogP contribution in [0.15, 0.2) is 12.1 Å². The topological polar surface area (TPSA) is 22.1 Å². The van der Waals surface area contributed by atoms with E-state index in [0.29, 0.717) is 0 Å². The molecule has 1 aliphatic rings. The van der Waals surface area contributed by atoms with Gasteiger partial charge in [0, 0.05) is 0 Å². The largest absolute Gasteiger partial charge is 0.492 e. The molecule has 58 valence electrons. The molecule has 1 aliphatic heterocycles. The Morgan fingerprint density at radius 2 is 2.36 bits per heavy atom. The van der Waals surface area contributed by atoms with Crippen LogP contribution in [0.5, 0.6) is 5.75 Å². The molecule has 0 amide bonds. The summed E-state index contributed by atoms with van der Waals surface area (Å²) < 4.78 is 6.46. The van der Waals surface area contributed by atoms with Gasteiger partial charge in [0.15, 0.2) is 0 Å². The first-order valence-electron chi connectivity index (χ1n) is 3.64. The number of aromatic nitrogens is 1. The minimum absolute atomic E-state index is 0.843. The first kappa shape index (κ1) is 7.34. The molecule has 1 aromatic rings. The zero-order chi connectivity index (χ0) is 7.68. The molecule has 0 spiro atoms. The zero-order valence-electron chi connectivity index (χ0n) is 6.01. The smallest absolute Gasteiger partial charge is 0.140 e. The summed E-state index contributed by atoms with van der Waals surface area (Å²) in [5.41, 5.74) is 1.11. The van der Waals surface area contributed by atoms with Crippen molar-refractivity contribution in [3.05, 3.63) is 21.5 Å². The summed E-state index contributed by atoms with van der Waals surface area (Å²) in [6.07, 6.45) is 2.16. The Morgan fingerprint density at radius 3 is 3.27 bits per heavy atom. The van der Waals surface area contributed by atoms with E-state index in [-0.39, 0.29) is 0 Å². The summed E-state index contributed by atoms with van der Waals surface area (Å²) in [4.78, 5) is 4.38. The highest BCUT2D eigenvalue weighted by molar-refractivity contribution is 14.1. The number of fused-ring (bicyclic) bond motifs is 1. The third-order valence-corrected chi connectivity index (χ3v) is 2.31. The average molecular weight is 261 g/mol. The molecule has 0 saturated heterocycles. The summed E-state index contributed by atoms with van der Waals surface area (Å²) in [5, 5.41) is 0. The molecule has 0 bridgehead atoms. The Bertz CT molecular complexity index is 275. The average Bonchev–Trinajstić information content (AvgIpc) is 2.04. The molecular formula is C8H8INO. The highest BCUT2D eigenvalue weighted by Crippen LogP contribution is 2.22. The van der Waals surface area contributed by atoms with Gasteiger partial charge in [-0.1, -0.05) is 0 Å². The molecular weight excluding hydrogens is 253 g/mol. The van der Waals surface area contributed by atoms with Crippen molar-refractivity contribution >= 4 is 22.6 Å². The van der Waals surface area contributed by atoms with E-state index in [0.717, 1.165) is 34.6 Å². The second-order valence-electron chi connectivity index (χ2n) is 2.53. The Balaban J connectivity index is 2.43. The van der Waals surface area contributed by atoms with Crippen molar-refractivity contribution in [2.24, 2.45) is 0 Å². The van der Waals surface area contributed by atoms with E-state index in [1.807, 2.05) is 12.1 Å². The lowest BCUT2D eigenvalue weighted by molar-refractivity contribution is 0.284. The van der Waals surface area contributed by atoms with Crippen molar-refractivity contribution in [1.29, 1.82) is 0 Å². The van der Waals surface area contributed by atoms with Gasteiger partial charge in [-0.2, -0.15) is 0 Å². The van der Waals surface area contributed by atoms with Crippen LogP contribution < -0.4 is 4.74 Å². The summed E-state index contributed by atoms with van der Waals surface area (Å²) >= 11 is 2.22. The van der Waals surface area contributed by atoms with Crippen LogP contribution in [0.25, 0.3) is 0 Å². The van der Waals surface area contributed by atoms with Gasteiger partial charge in [-0.3, -0.25) is 0 Å². The first-order chi connectivity index (χ1) is 5.36. The molecule has 0 aliphatic carbocycles. The van der Waals surface area contributed by atoms with Gasteiger partial charge in [-0.25, -0.2) is 4.98 Å². The second-order valence-corrected chi connectivity index (χ2v) is 3.64. The van der Waals surface area contributed by atoms with Gasteiger partial charge in [0.05, 0.1) is 12.3 Å². The van der Waals surface area contributed by atoms with Gasteiger partial charge in [-0.15, -0.1) is 0 Å². The monoisotopic (exact) mass is 261 g/mol. The molecule has 0 fully saturated rings. The molecule has 2 rings (SSSR count). The van der Waals surface area contributed by atoms with Gasteiger partial charge >= 0.3 is 0 Å². The van der Waals surface area contributed by atoms with Crippen LogP contribution in [0.1, 0.15) is 12.1 Å². The maximum absolute atomic E-state index is 5.41. The summed E-state index contributed by atoms with van der Waals surface area (Å²) in [6.45, 7) is 0.843. The standard InChI is InChI=1S/C8H8INO/c9-8-4-3-7-6(10-8)2-1-5-11-7/h3-4H,1-2,5H2. The van der Waals surface area contributed by atoms with E-state index in [1.54, 1.807) is 0 Å². The maximum atomic E-state index is 5.41. The summed E-state index contributed by atoms with van der Waals surface area (Å²) in [7, 11) is 0. The number of ether oxygens (including phenoxy) is 1. The molecule has 0 unspecified atom stereocenters. The van der Waals surface area contributed by atoms with Gasteiger partial charge in [0.1, 0.15) is 9.45 Å². The first-order valence-corrected chi connectivity index (χ1v) is 4.72. The van der Waals surface area contributed by atoms with Gasteiger partial charge in [0.2, 0.25) is 0 Å².